The minimum absolute atomic E-state index is 0.0103. The monoisotopic (exact) mass is 419 g/mol. The van der Waals surface area contributed by atoms with Gasteiger partial charge >= 0.3 is 0 Å². The summed E-state index contributed by atoms with van der Waals surface area (Å²) in [5.41, 5.74) is 0.270. The third-order valence-corrected chi connectivity index (χ3v) is 8.67. The number of thiazole rings is 1. The fourth-order valence-corrected chi connectivity index (χ4v) is 6.66. The molecule has 0 bridgehead atoms. The van der Waals surface area contributed by atoms with E-state index in [0.29, 0.717) is 25.4 Å². The molecule has 4 N–H and O–H groups in total. The SMILES string of the molecule is C=CCNc1nc2c(s1)C[C@@H]1[C@](C)(CO)[C@H](O)CC[C@@]1(C)[C@@H]2CC(=O)NC1CC1. The summed E-state index contributed by atoms with van der Waals surface area (Å²) >= 11 is 1.63. The van der Waals surface area contributed by atoms with Crippen LogP contribution in [-0.4, -0.2) is 46.4 Å². The van der Waals surface area contributed by atoms with Gasteiger partial charge in [0, 0.05) is 35.2 Å². The van der Waals surface area contributed by atoms with Gasteiger partial charge in [0.05, 0.1) is 18.4 Å². The number of carbonyl (C=O) groups is 1. The molecule has 1 aromatic heterocycles. The van der Waals surface area contributed by atoms with Crippen molar-refractivity contribution in [1.29, 1.82) is 0 Å². The first-order valence-corrected chi connectivity index (χ1v) is 11.6. The first-order chi connectivity index (χ1) is 13.8. The number of aromatic nitrogens is 1. The lowest BCUT2D eigenvalue weighted by molar-refractivity contribution is -0.144. The Bertz CT molecular complexity index is 792. The zero-order chi connectivity index (χ0) is 20.8. The highest BCUT2D eigenvalue weighted by molar-refractivity contribution is 7.15. The summed E-state index contributed by atoms with van der Waals surface area (Å²) in [7, 11) is 0. The lowest BCUT2D eigenvalue weighted by atomic mass is 9.47. The van der Waals surface area contributed by atoms with Crippen LogP contribution in [0.2, 0.25) is 0 Å². The molecule has 5 atom stereocenters. The quantitative estimate of drug-likeness (QED) is 0.510. The molecule has 2 fully saturated rings. The van der Waals surface area contributed by atoms with Crippen LogP contribution in [0, 0.1) is 16.7 Å². The van der Waals surface area contributed by atoms with Crippen molar-refractivity contribution in [2.24, 2.45) is 16.7 Å². The molecule has 4 rings (SSSR count). The Morgan fingerprint density at radius 3 is 2.79 bits per heavy atom. The number of hydrogen-bond acceptors (Lipinski definition) is 6. The maximum Gasteiger partial charge on any atom is 0.220 e. The molecule has 0 aliphatic heterocycles. The number of aliphatic hydroxyl groups is 2. The molecule has 1 aromatic rings. The maximum atomic E-state index is 12.8. The van der Waals surface area contributed by atoms with Crippen molar-refractivity contribution in [2.75, 3.05) is 18.5 Å². The smallest absolute Gasteiger partial charge is 0.220 e. The number of hydrogen-bond donors (Lipinski definition) is 4. The van der Waals surface area contributed by atoms with Gasteiger partial charge in [-0.3, -0.25) is 4.79 Å². The van der Waals surface area contributed by atoms with Gasteiger partial charge in [0.15, 0.2) is 5.13 Å². The molecular weight excluding hydrogens is 386 g/mol. The largest absolute Gasteiger partial charge is 0.396 e. The molecule has 0 spiro atoms. The molecule has 7 heteroatoms. The fraction of sp³-hybridized carbons (Fsp3) is 0.727. The van der Waals surface area contributed by atoms with Gasteiger partial charge in [-0.1, -0.05) is 19.9 Å². The van der Waals surface area contributed by atoms with Gasteiger partial charge in [0.25, 0.3) is 0 Å². The topological polar surface area (TPSA) is 94.5 Å². The van der Waals surface area contributed by atoms with Crippen LogP contribution in [0.4, 0.5) is 5.13 Å². The Labute approximate surface area is 176 Å². The molecule has 29 heavy (non-hydrogen) atoms. The fourth-order valence-electron chi connectivity index (χ4n) is 5.58. The summed E-state index contributed by atoms with van der Waals surface area (Å²) in [4.78, 5) is 18.9. The van der Waals surface area contributed by atoms with E-state index >= 15 is 0 Å². The van der Waals surface area contributed by atoms with Crippen molar-refractivity contribution in [3.63, 3.8) is 0 Å². The van der Waals surface area contributed by atoms with E-state index in [0.717, 1.165) is 36.5 Å². The molecule has 3 aliphatic rings. The van der Waals surface area contributed by atoms with Gasteiger partial charge in [0.1, 0.15) is 0 Å². The summed E-state index contributed by atoms with van der Waals surface area (Å²) in [6, 6.07) is 0.338. The molecule has 3 aliphatic carbocycles. The van der Waals surface area contributed by atoms with Gasteiger partial charge in [-0.05, 0) is 43.4 Å². The standard InChI is InChI=1S/C22H33N3O3S/c1-4-9-23-20-25-19-14(10-18(28)24-13-5-6-13)21(2)8-7-17(27)22(3,12-26)16(21)11-15(19)29-20/h4,13-14,16-17,26-27H,1,5-12H2,2-3H3,(H,23,25)(H,24,28)/t14-,16+,17-,21+,22+/m1/s1. The van der Waals surface area contributed by atoms with E-state index in [1.165, 1.54) is 4.88 Å². The number of fused-ring (bicyclic) bond motifs is 2. The summed E-state index contributed by atoms with van der Waals surface area (Å²) < 4.78 is 0. The van der Waals surface area contributed by atoms with Crippen molar-refractivity contribution in [2.45, 2.75) is 70.4 Å². The average Bonchev–Trinajstić information content (AvgIpc) is 3.41. The van der Waals surface area contributed by atoms with Crippen LogP contribution in [0.5, 0.6) is 0 Å². The van der Waals surface area contributed by atoms with Crippen LogP contribution in [0.3, 0.4) is 0 Å². The van der Waals surface area contributed by atoms with Crippen molar-refractivity contribution in [1.82, 2.24) is 10.3 Å². The van der Waals surface area contributed by atoms with Gasteiger partial charge in [-0.2, -0.15) is 0 Å². The number of amides is 1. The summed E-state index contributed by atoms with van der Waals surface area (Å²) in [6.45, 7) is 8.60. The Morgan fingerprint density at radius 1 is 1.38 bits per heavy atom. The van der Waals surface area contributed by atoms with E-state index in [-0.39, 0.29) is 29.8 Å². The van der Waals surface area contributed by atoms with E-state index in [1.807, 2.05) is 6.92 Å². The van der Waals surface area contributed by atoms with Crippen LogP contribution < -0.4 is 10.6 Å². The van der Waals surface area contributed by atoms with Crippen molar-refractivity contribution < 1.29 is 15.0 Å². The van der Waals surface area contributed by atoms with Gasteiger partial charge in [-0.15, -0.1) is 17.9 Å². The minimum Gasteiger partial charge on any atom is -0.396 e. The Hall–Kier alpha value is -1.44. The zero-order valence-corrected chi connectivity index (χ0v) is 18.2. The van der Waals surface area contributed by atoms with Gasteiger partial charge in [-0.25, -0.2) is 4.98 Å². The van der Waals surface area contributed by atoms with Crippen molar-refractivity contribution in [3.8, 4) is 0 Å². The van der Waals surface area contributed by atoms with Gasteiger partial charge in [0.2, 0.25) is 5.91 Å². The molecule has 160 valence electrons. The highest BCUT2D eigenvalue weighted by atomic mass is 32.1. The second kappa shape index (κ2) is 7.67. The molecule has 0 aromatic carbocycles. The van der Waals surface area contributed by atoms with Gasteiger partial charge < -0.3 is 20.8 Å². The summed E-state index contributed by atoms with van der Waals surface area (Å²) in [6.07, 6.45) is 6.10. The Balaban J connectivity index is 1.72. The highest BCUT2D eigenvalue weighted by Gasteiger charge is 2.59. The molecule has 1 amide bonds. The Kier molecular flexibility index (Phi) is 5.51. The summed E-state index contributed by atoms with van der Waals surface area (Å²) in [5.74, 6) is 0.183. The van der Waals surface area contributed by atoms with Crippen LogP contribution in [0.25, 0.3) is 0 Å². The molecule has 6 nitrogen and oxygen atoms in total. The van der Waals surface area contributed by atoms with E-state index in [9.17, 15) is 15.0 Å². The first kappa shape index (κ1) is 20.8. The van der Waals surface area contributed by atoms with E-state index in [1.54, 1.807) is 17.4 Å². The van der Waals surface area contributed by atoms with Crippen LogP contribution in [0.15, 0.2) is 12.7 Å². The zero-order valence-electron chi connectivity index (χ0n) is 17.4. The molecular formula is C22H33N3O3S. The van der Waals surface area contributed by atoms with E-state index in [2.05, 4.69) is 24.1 Å². The lowest BCUT2D eigenvalue weighted by Crippen LogP contribution is -2.57. The molecule has 0 unspecified atom stereocenters. The minimum atomic E-state index is -0.575. The van der Waals surface area contributed by atoms with Crippen molar-refractivity contribution >= 4 is 22.4 Å². The molecule has 0 saturated heterocycles. The third kappa shape index (κ3) is 3.62. The number of anilines is 1. The second-order valence-electron chi connectivity index (χ2n) is 9.58. The molecule has 2 saturated carbocycles. The number of nitrogens with one attached hydrogen (secondary N) is 2. The number of carbonyl (C=O) groups excluding carboxylic acids is 1. The van der Waals surface area contributed by atoms with E-state index < -0.39 is 11.5 Å². The Morgan fingerprint density at radius 2 is 2.14 bits per heavy atom. The van der Waals surface area contributed by atoms with Crippen LogP contribution in [0.1, 0.15) is 62.4 Å². The van der Waals surface area contributed by atoms with Crippen LogP contribution in [-0.2, 0) is 11.2 Å². The normalized spacial score (nSPS) is 36.1. The predicted octanol–water partition coefficient (Wildman–Crippen LogP) is 2.83. The number of aliphatic hydroxyl groups excluding tert-OH is 2. The van der Waals surface area contributed by atoms with Crippen molar-refractivity contribution in [3.05, 3.63) is 23.2 Å². The summed E-state index contributed by atoms with van der Waals surface area (Å²) in [5, 5.41) is 28.3. The first-order valence-electron chi connectivity index (χ1n) is 10.7. The predicted molar refractivity (Wildman–Crippen MR) is 115 cm³/mol. The van der Waals surface area contributed by atoms with E-state index in [4.69, 9.17) is 4.98 Å². The second-order valence-corrected chi connectivity index (χ2v) is 10.7. The highest BCUT2D eigenvalue weighted by Crippen LogP contribution is 2.62. The third-order valence-electron chi connectivity index (χ3n) is 7.62. The average molecular weight is 420 g/mol. The van der Waals surface area contributed by atoms with Crippen LogP contribution >= 0.6 is 11.3 Å². The molecule has 1 heterocycles. The maximum absolute atomic E-state index is 12.8. The number of rotatable bonds is 7. The number of nitrogens with zero attached hydrogens (tertiary/aromatic N) is 1. The lowest BCUT2D eigenvalue weighted by Gasteiger charge is -2.58. The molecule has 0 radical (unpaired) electrons.